The average Bonchev–Trinajstić information content (AvgIpc) is 2.76. The number of ether oxygens (including phenoxy) is 1. The maximum absolute atomic E-state index is 13.3. The Morgan fingerprint density at radius 3 is 2.03 bits per heavy atom. The third-order valence-corrected chi connectivity index (χ3v) is 4.10. The highest BCUT2D eigenvalue weighted by Gasteiger charge is 2.33. The summed E-state index contributed by atoms with van der Waals surface area (Å²) in [4.78, 5) is 28.4. The summed E-state index contributed by atoms with van der Waals surface area (Å²) in [5.41, 5.74) is -0.842. The lowest BCUT2D eigenvalue weighted by Gasteiger charge is -2.12. The van der Waals surface area contributed by atoms with Crippen LogP contribution in [0.1, 0.15) is 37.7 Å². The fraction of sp³-hybridized carbons (Fsp3) is 0.136. The van der Waals surface area contributed by atoms with Gasteiger partial charge in [-0.05, 0) is 23.3 Å². The monoisotopic (exact) mass is 414 g/mol. The third kappa shape index (κ3) is 5.66. The van der Waals surface area contributed by atoms with Gasteiger partial charge in [0.25, 0.3) is 5.91 Å². The van der Waals surface area contributed by atoms with Crippen LogP contribution in [0.5, 0.6) is 0 Å². The smallest absolute Gasteiger partial charge is 0.416 e. The van der Waals surface area contributed by atoms with E-state index in [9.17, 15) is 22.8 Å². The van der Waals surface area contributed by atoms with Crippen LogP contribution in [0.15, 0.2) is 72.8 Å². The van der Waals surface area contributed by atoms with E-state index in [4.69, 9.17) is 4.74 Å². The summed E-state index contributed by atoms with van der Waals surface area (Å²) in [6.45, 7) is -0.0292. The summed E-state index contributed by atoms with van der Waals surface area (Å²) in [6.07, 6.45) is -4.76. The summed E-state index contributed by atoms with van der Waals surface area (Å²) < 4.78 is 44.8. The number of rotatable bonds is 6. The van der Waals surface area contributed by atoms with Crippen molar-refractivity contribution in [2.24, 2.45) is 0 Å². The van der Waals surface area contributed by atoms with Crippen molar-refractivity contribution < 1.29 is 27.5 Å². The number of benzene rings is 2. The highest BCUT2D eigenvalue weighted by molar-refractivity contribution is 5.95. The third-order valence-electron chi connectivity index (χ3n) is 4.10. The normalized spacial score (nSPS) is 11.0. The van der Waals surface area contributed by atoms with E-state index >= 15 is 0 Å². The van der Waals surface area contributed by atoms with E-state index in [2.05, 4.69) is 10.3 Å². The van der Waals surface area contributed by atoms with Gasteiger partial charge in [0.05, 0.1) is 5.56 Å². The van der Waals surface area contributed by atoms with Crippen LogP contribution in [0.3, 0.4) is 0 Å². The number of aromatic nitrogens is 1. The molecule has 1 heterocycles. The Labute approximate surface area is 170 Å². The Balaban J connectivity index is 1.79. The van der Waals surface area contributed by atoms with Gasteiger partial charge in [-0.1, -0.05) is 60.7 Å². The van der Waals surface area contributed by atoms with Crippen LogP contribution in [0.2, 0.25) is 0 Å². The molecule has 8 heteroatoms. The van der Waals surface area contributed by atoms with Crippen molar-refractivity contribution in [1.29, 1.82) is 0 Å². The van der Waals surface area contributed by atoms with Gasteiger partial charge in [-0.3, -0.25) is 4.79 Å². The number of halogens is 3. The molecule has 0 unspecified atom stereocenters. The van der Waals surface area contributed by atoms with Crippen LogP contribution < -0.4 is 5.32 Å². The average molecular weight is 414 g/mol. The molecule has 1 aromatic heterocycles. The second-order valence-electron chi connectivity index (χ2n) is 6.35. The van der Waals surface area contributed by atoms with Crippen LogP contribution in [-0.4, -0.2) is 16.9 Å². The predicted molar refractivity (Wildman–Crippen MR) is 102 cm³/mol. The summed E-state index contributed by atoms with van der Waals surface area (Å²) in [5.74, 6) is -1.89. The second-order valence-corrected chi connectivity index (χ2v) is 6.35. The van der Waals surface area contributed by atoms with Crippen LogP contribution in [-0.2, 0) is 24.1 Å². The molecule has 0 bridgehead atoms. The fourth-order valence-corrected chi connectivity index (χ4v) is 2.58. The van der Waals surface area contributed by atoms with Gasteiger partial charge in [0.1, 0.15) is 18.0 Å². The molecule has 30 heavy (non-hydrogen) atoms. The van der Waals surface area contributed by atoms with Crippen molar-refractivity contribution >= 4 is 11.9 Å². The molecule has 154 valence electrons. The van der Waals surface area contributed by atoms with Crippen LogP contribution in [0.25, 0.3) is 0 Å². The molecule has 0 spiro atoms. The summed E-state index contributed by atoms with van der Waals surface area (Å²) in [7, 11) is 0. The van der Waals surface area contributed by atoms with Crippen LogP contribution >= 0.6 is 0 Å². The van der Waals surface area contributed by atoms with E-state index in [1.165, 1.54) is 0 Å². The van der Waals surface area contributed by atoms with Crippen molar-refractivity contribution in [3.05, 3.63) is 101 Å². The quantitative estimate of drug-likeness (QED) is 0.608. The van der Waals surface area contributed by atoms with Gasteiger partial charge in [-0.2, -0.15) is 13.2 Å². The molecule has 0 aliphatic rings. The lowest BCUT2D eigenvalue weighted by molar-refractivity contribution is -0.137. The molecule has 2 aromatic carbocycles. The van der Waals surface area contributed by atoms with E-state index in [1.807, 2.05) is 0 Å². The number of hydrogen-bond acceptors (Lipinski definition) is 4. The topological polar surface area (TPSA) is 68.3 Å². The first-order valence-electron chi connectivity index (χ1n) is 8.95. The second kappa shape index (κ2) is 9.21. The minimum absolute atomic E-state index is 0.103. The molecule has 1 N–H and O–H groups in total. The van der Waals surface area contributed by atoms with E-state index in [0.29, 0.717) is 17.7 Å². The molecular formula is C22H17F3N2O3. The van der Waals surface area contributed by atoms with E-state index in [1.54, 1.807) is 60.7 Å². The molecule has 0 saturated carbocycles. The van der Waals surface area contributed by atoms with Crippen molar-refractivity contribution in [3.8, 4) is 0 Å². The van der Waals surface area contributed by atoms with Crippen molar-refractivity contribution in [3.63, 3.8) is 0 Å². The predicted octanol–water partition coefficient (Wildman–Crippen LogP) is 4.39. The van der Waals surface area contributed by atoms with Gasteiger partial charge >= 0.3 is 12.1 Å². The Morgan fingerprint density at radius 2 is 1.43 bits per heavy atom. The molecule has 0 aliphatic carbocycles. The van der Waals surface area contributed by atoms with Gasteiger partial charge in [0.2, 0.25) is 0 Å². The number of nitrogens with one attached hydrogen (secondary N) is 1. The van der Waals surface area contributed by atoms with E-state index < -0.39 is 35.0 Å². The Hall–Kier alpha value is -3.68. The molecule has 0 fully saturated rings. The first kappa shape index (κ1) is 21.0. The zero-order valence-electron chi connectivity index (χ0n) is 15.6. The Kier molecular flexibility index (Phi) is 6.46. The SMILES string of the molecule is O=C(NCc1ccccc1)c1cc(C(F)(F)F)cc(C(=O)OCc2ccccc2)n1. The Bertz CT molecular complexity index is 949. The number of nitrogens with zero attached hydrogens (tertiary/aromatic N) is 1. The lowest BCUT2D eigenvalue weighted by atomic mass is 10.1. The van der Waals surface area contributed by atoms with Crippen LogP contribution in [0.4, 0.5) is 13.2 Å². The molecular weight excluding hydrogens is 397 g/mol. The lowest BCUT2D eigenvalue weighted by Crippen LogP contribution is -2.25. The van der Waals surface area contributed by atoms with Crippen molar-refractivity contribution in [2.45, 2.75) is 19.3 Å². The first-order valence-corrected chi connectivity index (χ1v) is 8.95. The van der Waals surface area contributed by atoms with E-state index in [-0.39, 0.29) is 13.2 Å². The number of amides is 1. The van der Waals surface area contributed by atoms with Gasteiger partial charge in [0, 0.05) is 6.54 Å². The van der Waals surface area contributed by atoms with Crippen molar-refractivity contribution in [1.82, 2.24) is 10.3 Å². The van der Waals surface area contributed by atoms with Gasteiger partial charge < -0.3 is 10.1 Å². The zero-order chi connectivity index (χ0) is 21.6. The molecule has 3 rings (SSSR count). The minimum atomic E-state index is -4.76. The van der Waals surface area contributed by atoms with E-state index in [0.717, 1.165) is 5.56 Å². The molecule has 0 aliphatic heterocycles. The van der Waals surface area contributed by atoms with Gasteiger partial charge in [-0.25, -0.2) is 9.78 Å². The largest absolute Gasteiger partial charge is 0.456 e. The molecule has 3 aromatic rings. The summed E-state index contributed by atoms with van der Waals surface area (Å²) >= 11 is 0. The minimum Gasteiger partial charge on any atom is -0.456 e. The first-order chi connectivity index (χ1) is 14.3. The van der Waals surface area contributed by atoms with Crippen LogP contribution in [0, 0.1) is 0 Å². The number of carbonyl (C=O) groups excluding carboxylic acids is 2. The molecule has 1 amide bonds. The highest BCUT2D eigenvalue weighted by Crippen LogP contribution is 2.30. The zero-order valence-corrected chi connectivity index (χ0v) is 15.6. The molecule has 5 nitrogen and oxygen atoms in total. The maximum Gasteiger partial charge on any atom is 0.416 e. The standard InChI is InChI=1S/C22H17F3N2O3/c23-22(24,25)17-11-18(20(28)26-13-15-7-3-1-4-8-15)27-19(12-17)21(29)30-14-16-9-5-2-6-10-16/h1-12H,13-14H2,(H,26,28). The number of pyridine rings is 1. The van der Waals surface area contributed by atoms with Crippen molar-refractivity contribution in [2.75, 3.05) is 0 Å². The molecule has 0 saturated heterocycles. The molecule has 0 atom stereocenters. The number of hydrogen-bond donors (Lipinski definition) is 1. The fourth-order valence-electron chi connectivity index (χ4n) is 2.58. The highest BCUT2D eigenvalue weighted by atomic mass is 19.4. The number of alkyl halides is 3. The maximum atomic E-state index is 13.3. The Morgan fingerprint density at radius 1 is 0.867 bits per heavy atom. The molecule has 0 radical (unpaired) electrons. The van der Waals surface area contributed by atoms with Gasteiger partial charge in [0.15, 0.2) is 0 Å². The van der Waals surface area contributed by atoms with Gasteiger partial charge in [-0.15, -0.1) is 0 Å². The number of esters is 1. The summed E-state index contributed by atoms with van der Waals surface area (Å²) in [6, 6.07) is 18.7. The summed E-state index contributed by atoms with van der Waals surface area (Å²) in [5, 5.41) is 2.50. The number of carbonyl (C=O) groups is 2.